The molecule has 1 aliphatic rings. The minimum atomic E-state index is -3.58. The Morgan fingerprint density at radius 3 is 2.46 bits per heavy atom. The predicted octanol–water partition coefficient (Wildman–Crippen LogP) is 1.46. The molecule has 0 aromatic heterocycles. The first-order valence-electron chi connectivity index (χ1n) is 8.36. The number of piperazine rings is 1. The number of nitrogens with one attached hydrogen (secondary N) is 1. The maximum Gasteiger partial charge on any atom is 0.251 e. The lowest BCUT2D eigenvalue weighted by atomic mass is 10.1. The molecule has 0 bridgehead atoms. The second kappa shape index (κ2) is 7.63. The van der Waals surface area contributed by atoms with Gasteiger partial charge in [0, 0.05) is 37.8 Å². The molecule has 1 aliphatic heterocycles. The van der Waals surface area contributed by atoms with Crippen LogP contribution in [0.2, 0.25) is 0 Å². The highest BCUT2D eigenvalue weighted by atomic mass is 32.2. The molecule has 1 fully saturated rings. The number of amides is 1. The molecule has 1 N–H and O–H groups in total. The van der Waals surface area contributed by atoms with Crippen molar-refractivity contribution in [3.63, 3.8) is 0 Å². The van der Waals surface area contributed by atoms with Gasteiger partial charge in [0.15, 0.2) is 0 Å². The van der Waals surface area contributed by atoms with Crippen LogP contribution >= 0.6 is 0 Å². The Morgan fingerprint density at radius 1 is 1.25 bits per heavy atom. The molecule has 0 spiro atoms. The molecule has 0 radical (unpaired) electrons. The second-order valence-corrected chi connectivity index (χ2v) is 8.38. The van der Waals surface area contributed by atoms with Gasteiger partial charge >= 0.3 is 0 Å². The lowest BCUT2D eigenvalue weighted by Crippen LogP contribution is -2.47. The zero-order valence-corrected chi connectivity index (χ0v) is 15.7. The fourth-order valence-electron chi connectivity index (χ4n) is 2.60. The van der Waals surface area contributed by atoms with Gasteiger partial charge in [0.2, 0.25) is 10.0 Å². The summed E-state index contributed by atoms with van der Waals surface area (Å²) >= 11 is 0. The van der Waals surface area contributed by atoms with Crippen LogP contribution in [0.15, 0.2) is 23.1 Å². The van der Waals surface area contributed by atoms with Crippen molar-refractivity contribution >= 4 is 15.9 Å². The molecule has 1 atom stereocenters. The third-order valence-electron chi connectivity index (χ3n) is 4.52. The third-order valence-corrected chi connectivity index (χ3v) is 6.56. The molecule has 0 aliphatic carbocycles. The average molecular weight is 353 g/mol. The van der Waals surface area contributed by atoms with Gasteiger partial charge in [0.25, 0.3) is 5.91 Å². The van der Waals surface area contributed by atoms with Crippen molar-refractivity contribution in [2.75, 3.05) is 33.2 Å². The molecule has 0 unspecified atom stereocenters. The molecule has 2 rings (SSSR count). The Balaban J connectivity index is 2.29. The summed E-state index contributed by atoms with van der Waals surface area (Å²) in [4.78, 5) is 14.6. The number of likely N-dealkylation sites (N-methyl/N-ethyl adjacent to an activating group) is 1. The van der Waals surface area contributed by atoms with E-state index in [1.807, 2.05) is 20.9 Å². The molecule has 7 heteroatoms. The molecule has 6 nitrogen and oxygen atoms in total. The SMILES string of the molecule is CC[C@H](C)NC(=O)c1ccc(C)c(S(=O)(=O)N2CCN(C)CC2)c1. The van der Waals surface area contributed by atoms with Crippen LogP contribution in [0.5, 0.6) is 0 Å². The molecule has 1 heterocycles. The Bertz CT molecular complexity index is 695. The van der Waals surface area contributed by atoms with E-state index in [0.29, 0.717) is 37.3 Å². The van der Waals surface area contributed by atoms with Crippen molar-refractivity contribution in [2.45, 2.75) is 38.1 Å². The molecule has 1 aromatic carbocycles. The van der Waals surface area contributed by atoms with Crippen molar-refractivity contribution in [3.8, 4) is 0 Å². The van der Waals surface area contributed by atoms with Crippen molar-refractivity contribution in [3.05, 3.63) is 29.3 Å². The first-order valence-corrected chi connectivity index (χ1v) is 9.80. The summed E-state index contributed by atoms with van der Waals surface area (Å²) in [6.07, 6.45) is 0.823. The lowest BCUT2D eigenvalue weighted by molar-refractivity contribution is 0.0939. The largest absolute Gasteiger partial charge is 0.350 e. The number of benzene rings is 1. The molecule has 1 saturated heterocycles. The fourth-order valence-corrected chi connectivity index (χ4v) is 4.27. The number of hydrogen-bond donors (Lipinski definition) is 1. The highest BCUT2D eigenvalue weighted by molar-refractivity contribution is 7.89. The zero-order chi connectivity index (χ0) is 17.9. The van der Waals surface area contributed by atoms with Crippen LogP contribution in [0.4, 0.5) is 0 Å². The minimum absolute atomic E-state index is 0.0523. The highest BCUT2D eigenvalue weighted by Crippen LogP contribution is 2.22. The maximum absolute atomic E-state index is 12.9. The molecule has 1 aromatic rings. The zero-order valence-electron chi connectivity index (χ0n) is 14.9. The first-order chi connectivity index (χ1) is 11.3. The van der Waals surface area contributed by atoms with E-state index in [0.717, 1.165) is 6.42 Å². The standard InChI is InChI=1S/C17H27N3O3S/c1-5-14(3)18-17(21)15-7-6-13(2)16(12-15)24(22,23)20-10-8-19(4)9-11-20/h6-7,12,14H,5,8-11H2,1-4H3,(H,18,21)/t14-/m0/s1. The van der Waals surface area contributed by atoms with Crippen LogP contribution in [0.1, 0.15) is 36.2 Å². The minimum Gasteiger partial charge on any atom is -0.350 e. The Labute approximate surface area is 144 Å². The van der Waals surface area contributed by atoms with Gasteiger partial charge in [-0.15, -0.1) is 0 Å². The smallest absolute Gasteiger partial charge is 0.251 e. The summed E-state index contributed by atoms with van der Waals surface area (Å²) < 4.78 is 27.4. The van der Waals surface area contributed by atoms with Crippen LogP contribution in [0.25, 0.3) is 0 Å². The predicted molar refractivity (Wildman–Crippen MR) is 94.7 cm³/mol. The highest BCUT2D eigenvalue weighted by Gasteiger charge is 2.29. The number of hydrogen-bond acceptors (Lipinski definition) is 4. The van der Waals surface area contributed by atoms with Crippen molar-refractivity contribution < 1.29 is 13.2 Å². The molecular weight excluding hydrogens is 326 g/mol. The molecule has 134 valence electrons. The van der Waals surface area contributed by atoms with E-state index >= 15 is 0 Å². The van der Waals surface area contributed by atoms with Crippen LogP contribution < -0.4 is 5.32 Å². The quantitative estimate of drug-likeness (QED) is 0.870. The van der Waals surface area contributed by atoms with Gasteiger partial charge in [-0.05, 0) is 45.0 Å². The van der Waals surface area contributed by atoms with E-state index in [4.69, 9.17) is 0 Å². The Kier molecular flexibility index (Phi) is 6.01. The summed E-state index contributed by atoms with van der Waals surface area (Å²) in [5.41, 5.74) is 1.04. The lowest BCUT2D eigenvalue weighted by Gasteiger charge is -2.32. The van der Waals surface area contributed by atoms with E-state index in [1.54, 1.807) is 19.1 Å². The molecule has 1 amide bonds. The maximum atomic E-state index is 12.9. The van der Waals surface area contributed by atoms with Gasteiger partial charge in [-0.25, -0.2) is 8.42 Å². The number of nitrogens with zero attached hydrogens (tertiary/aromatic N) is 2. The van der Waals surface area contributed by atoms with Crippen LogP contribution in [0, 0.1) is 6.92 Å². The van der Waals surface area contributed by atoms with Gasteiger partial charge in [0.05, 0.1) is 4.90 Å². The number of aryl methyl sites for hydroxylation is 1. The van der Waals surface area contributed by atoms with E-state index in [1.165, 1.54) is 10.4 Å². The summed E-state index contributed by atoms with van der Waals surface area (Å²) in [6, 6.07) is 4.93. The summed E-state index contributed by atoms with van der Waals surface area (Å²) in [5.74, 6) is -0.237. The van der Waals surface area contributed by atoms with Gasteiger partial charge in [-0.1, -0.05) is 13.0 Å². The van der Waals surface area contributed by atoms with Gasteiger partial charge in [-0.3, -0.25) is 4.79 Å². The van der Waals surface area contributed by atoms with Crippen LogP contribution in [-0.2, 0) is 10.0 Å². The van der Waals surface area contributed by atoms with E-state index in [-0.39, 0.29) is 16.8 Å². The van der Waals surface area contributed by atoms with Crippen LogP contribution in [-0.4, -0.2) is 62.8 Å². The second-order valence-electron chi connectivity index (χ2n) is 6.47. The third kappa shape index (κ3) is 4.15. The van der Waals surface area contributed by atoms with Crippen LogP contribution in [0.3, 0.4) is 0 Å². The normalized spacial score (nSPS) is 18.3. The number of rotatable bonds is 5. The fraction of sp³-hybridized carbons (Fsp3) is 0.588. The average Bonchev–Trinajstić information content (AvgIpc) is 2.55. The monoisotopic (exact) mass is 353 g/mol. The Hall–Kier alpha value is -1.44. The number of carbonyl (C=O) groups is 1. The molecular formula is C17H27N3O3S. The topological polar surface area (TPSA) is 69.7 Å². The number of carbonyl (C=O) groups excluding carboxylic acids is 1. The number of sulfonamides is 1. The van der Waals surface area contributed by atoms with Gasteiger partial charge in [-0.2, -0.15) is 4.31 Å². The van der Waals surface area contributed by atoms with E-state index < -0.39 is 10.0 Å². The summed E-state index contributed by atoms with van der Waals surface area (Å²) in [5, 5.41) is 2.88. The van der Waals surface area contributed by atoms with Crippen molar-refractivity contribution in [1.29, 1.82) is 0 Å². The van der Waals surface area contributed by atoms with Gasteiger partial charge < -0.3 is 10.2 Å². The summed E-state index contributed by atoms with van der Waals surface area (Å²) in [6.45, 7) is 8.05. The summed E-state index contributed by atoms with van der Waals surface area (Å²) in [7, 11) is -1.60. The molecule has 0 saturated carbocycles. The van der Waals surface area contributed by atoms with Crippen molar-refractivity contribution in [1.82, 2.24) is 14.5 Å². The Morgan fingerprint density at radius 2 is 1.88 bits per heavy atom. The molecule has 24 heavy (non-hydrogen) atoms. The van der Waals surface area contributed by atoms with Gasteiger partial charge in [0.1, 0.15) is 0 Å². The first kappa shape index (κ1) is 18.9. The van der Waals surface area contributed by atoms with Crippen molar-refractivity contribution in [2.24, 2.45) is 0 Å². The van der Waals surface area contributed by atoms with E-state index in [9.17, 15) is 13.2 Å². The van der Waals surface area contributed by atoms with E-state index in [2.05, 4.69) is 10.2 Å².